The maximum Gasteiger partial charge on any atom is 0.161 e. The van der Waals surface area contributed by atoms with E-state index in [1.54, 1.807) is 0 Å². The van der Waals surface area contributed by atoms with Crippen LogP contribution in [0.15, 0.2) is 143 Å². The Balaban J connectivity index is 0.986. The molecule has 0 amide bonds. The van der Waals surface area contributed by atoms with E-state index >= 15 is 0 Å². The molecule has 6 nitrogen and oxygen atoms in total. The number of aromatic nitrogens is 4. The van der Waals surface area contributed by atoms with Crippen molar-refractivity contribution in [1.29, 1.82) is 0 Å². The third-order valence-electron chi connectivity index (χ3n) is 8.15. The summed E-state index contributed by atoms with van der Waals surface area (Å²) in [6, 6.07) is 36.6. The Morgan fingerprint density at radius 1 is 0.386 bits per heavy atom. The number of furan rings is 2. The van der Waals surface area contributed by atoms with Crippen LogP contribution in [0.3, 0.4) is 0 Å². The molecule has 0 aliphatic rings. The van der Waals surface area contributed by atoms with E-state index in [2.05, 4.69) is 56.3 Å². The molecule has 44 heavy (non-hydrogen) atoms. The second kappa shape index (κ2) is 9.71. The minimum absolute atomic E-state index is 0.671. The zero-order chi connectivity index (χ0) is 29.0. The molecule has 0 atom stereocenters. The molecule has 4 aromatic carbocycles. The zero-order valence-electron chi connectivity index (χ0n) is 23.3. The van der Waals surface area contributed by atoms with E-state index < -0.39 is 0 Å². The molecule has 0 saturated carbocycles. The molecule has 0 aliphatic carbocycles. The van der Waals surface area contributed by atoms with Crippen molar-refractivity contribution in [3.05, 3.63) is 134 Å². The third-order valence-corrected chi connectivity index (χ3v) is 8.15. The predicted molar refractivity (Wildman–Crippen MR) is 174 cm³/mol. The molecule has 0 fully saturated rings. The van der Waals surface area contributed by atoms with Crippen LogP contribution in [0.4, 0.5) is 0 Å². The Kier molecular flexibility index (Phi) is 5.40. The zero-order valence-corrected chi connectivity index (χ0v) is 23.3. The second-order valence-corrected chi connectivity index (χ2v) is 10.7. The molecule has 0 spiro atoms. The van der Waals surface area contributed by atoms with Gasteiger partial charge in [-0.2, -0.15) is 0 Å². The summed E-state index contributed by atoms with van der Waals surface area (Å²) in [6.45, 7) is 0. The molecule has 5 aromatic heterocycles. The Morgan fingerprint density at radius 3 is 1.36 bits per heavy atom. The SMILES string of the molecule is c1ccc2c(c1)oc1c(-c3ccc(-c4cnc(-c5ccc(-c6ccnc7c6oc6ccccc67)cc5)nc4)cc3)ccnc12. The number of nitrogens with zero attached hydrogens (tertiary/aromatic N) is 4. The average molecular weight is 567 g/mol. The van der Waals surface area contributed by atoms with E-state index in [0.29, 0.717) is 5.82 Å². The van der Waals surface area contributed by atoms with Crippen molar-refractivity contribution >= 4 is 44.1 Å². The number of para-hydroxylation sites is 2. The summed E-state index contributed by atoms with van der Waals surface area (Å²) in [4.78, 5) is 18.5. The molecule has 0 aliphatic heterocycles. The fourth-order valence-corrected chi connectivity index (χ4v) is 5.93. The van der Waals surface area contributed by atoms with Crippen LogP contribution in [0.1, 0.15) is 0 Å². The van der Waals surface area contributed by atoms with Crippen LogP contribution in [0.2, 0.25) is 0 Å². The van der Waals surface area contributed by atoms with E-state index in [1.807, 2.05) is 97.6 Å². The van der Waals surface area contributed by atoms with Crippen LogP contribution in [-0.2, 0) is 0 Å². The average Bonchev–Trinajstić information content (AvgIpc) is 3.67. The van der Waals surface area contributed by atoms with Gasteiger partial charge in [0.1, 0.15) is 22.2 Å². The minimum Gasteiger partial charge on any atom is -0.454 e. The number of fused-ring (bicyclic) bond motifs is 6. The number of rotatable bonds is 4. The molecule has 5 heterocycles. The van der Waals surface area contributed by atoms with Gasteiger partial charge in [0.05, 0.1) is 0 Å². The third kappa shape index (κ3) is 3.89. The summed E-state index contributed by atoms with van der Waals surface area (Å²) in [6.07, 6.45) is 7.41. The van der Waals surface area contributed by atoms with Crippen LogP contribution < -0.4 is 0 Å². The van der Waals surface area contributed by atoms with E-state index in [0.717, 1.165) is 83.1 Å². The highest BCUT2D eigenvalue weighted by Gasteiger charge is 2.15. The Bertz CT molecular complexity index is 2300. The lowest BCUT2D eigenvalue weighted by Gasteiger charge is -2.07. The smallest absolute Gasteiger partial charge is 0.161 e. The van der Waals surface area contributed by atoms with Crippen LogP contribution in [0.5, 0.6) is 0 Å². The number of benzene rings is 4. The topological polar surface area (TPSA) is 77.8 Å². The second-order valence-electron chi connectivity index (χ2n) is 10.7. The van der Waals surface area contributed by atoms with Gasteiger partial charge in [0.25, 0.3) is 0 Å². The quantitative estimate of drug-likeness (QED) is 0.211. The summed E-state index contributed by atoms with van der Waals surface area (Å²) in [5.74, 6) is 0.671. The van der Waals surface area contributed by atoms with Crippen molar-refractivity contribution in [3.63, 3.8) is 0 Å². The monoisotopic (exact) mass is 566 g/mol. The predicted octanol–water partition coefficient (Wildman–Crippen LogP) is 9.73. The molecule has 206 valence electrons. The van der Waals surface area contributed by atoms with Gasteiger partial charge in [-0.3, -0.25) is 9.97 Å². The molecular weight excluding hydrogens is 544 g/mol. The van der Waals surface area contributed by atoms with Crippen molar-refractivity contribution in [2.24, 2.45) is 0 Å². The first-order chi connectivity index (χ1) is 21.8. The Labute approximate surface area is 251 Å². The summed E-state index contributed by atoms with van der Waals surface area (Å²) >= 11 is 0. The summed E-state index contributed by atoms with van der Waals surface area (Å²) < 4.78 is 12.4. The fourth-order valence-electron chi connectivity index (χ4n) is 5.93. The van der Waals surface area contributed by atoms with Crippen LogP contribution in [-0.4, -0.2) is 19.9 Å². The molecular formula is C38H22N4O2. The fraction of sp³-hybridized carbons (Fsp3) is 0. The lowest BCUT2D eigenvalue weighted by Crippen LogP contribution is -1.90. The van der Waals surface area contributed by atoms with Gasteiger partial charge in [-0.25, -0.2) is 9.97 Å². The molecule has 0 saturated heterocycles. The molecule has 9 aromatic rings. The highest BCUT2D eigenvalue weighted by atomic mass is 16.3. The maximum atomic E-state index is 6.18. The number of hydrogen-bond acceptors (Lipinski definition) is 6. The summed E-state index contributed by atoms with van der Waals surface area (Å²) in [5.41, 5.74) is 12.1. The van der Waals surface area contributed by atoms with Crippen LogP contribution in [0, 0.1) is 0 Å². The van der Waals surface area contributed by atoms with Crippen molar-refractivity contribution < 1.29 is 8.83 Å². The lowest BCUT2D eigenvalue weighted by atomic mass is 10.0. The molecule has 0 bridgehead atoms. The van der Waals surface area contributed by atoms with Gasteiger partial charge in [-0.15, -0.1) is 0 Å². The van der Waals surface area contributed by atoms with Gasteiger partial charge in [0.2, 0.25) is 0 Å². The Morgan fingerprint density at radius 2 is 0.841 bits per heavy atom. The number of hydrogen-bond donors (Lipinski definition) is 0. The van der Waals surface area contributed by atoms with Gasteiger partial charge in [0, 0.05) is 57.8 Å². The Hall–Kier alpha value is -6.14. The molecule has 0 radical (unpaired) electrons. The van der Waals surface area contributed by atoms with E-state index in [9.17, 15) is 0 Å². The first-order valence-electron chi connectivity index (χ1n) is 14.4. The normalized spacial score (nSPS) is 11.6. The highest BCUT2D eigenvalue weighted by Crippen LogP contribution is 2.36. The van der Waals surface area contributed by atoms with Crippen LogP contribution in [0.25, 0.3) is 88.9 Å². The maximum absolute atomic E-state index is 6.18. The van der Waals surface area contributed by atoms with Crippen molar-refractivity contribution in [3.8, 4) is 44.8 Å². The van der Waals surface area contributed by atoms with E-state index in [4.69, 9.17) is 8.83 Å². The number of pyridine rings is 2. The first kappa shape index (κ1) is 24.5. The highest BCUT2D eigenvalue weighted by molar-refractivity contribution is 6.08. The van der Waals surface area contributed by atoms with E-state index in [-0.39, 0.29) is 0 Å². The minimum atomic E-state index is 0.671. The first-order valence-corrected chi connectivity index (χ1v) is 14.4. The summed E-state index contributed by atoms with van der Waals surface area (Å²) in [7, 11) is 0. The standard InChI is InChI=1S/C38H22N4O2/c1-3-7-32-30(5-1)34-36(43-32)28(17-19-39-34)24-11-9-23(10-12-24)27-21-41-38(42-22-27)26-15-13-25(14-16-26)29-18-20-40-35-31-6-2-4-8-33(31)44-37(29)35/h1-22H. The summed E-state index contributed by atoms with van der Waals surface area (Å²) in [5, 5.41) is 2.04. The van der Waals surface area contributed by atoms with E-state index in [1.165, 1.54) is 0 Å². The van der Waals surface area contributed by atoms with Crippen molar-refractivity contribution in [2.45, 2.75) is 0 Å². The van der Waals surface area contributed by atoms with Gasteiger partial charge >= 0.3 is 0 Å². The van der Waals surface area contributed by atoms with Crippen LogP contribution >= 0.6 is 0 Å². The van der Waals surface area contributed by atoms with Gasteiger partial charge in [-0.1, -0.05) is 72.8 Å². The molecule has 6 heteroatoms. The largest absolute Gasteiger partial charge is 0.454 e. The molecule has 0 N–H and O–H groups in total. The van der Waals surface area contributed by atoms with Crippen molar-refractivity contribution in [2.75, 3.05) is 0 Å². The van der Waals surface area contributed by atoms with Gasteiger partial charge < -0.3 is 8.83 Å². The molecule has 9 rings (SSSR count). The van der Waals surface area contributed by atoms with Crippen molar-refractivity contribution in [1.82, 2.24) is 19.9 Å². The van der Waals surface area contributed by atoms with Gasteiger partial charge in [0.15, 0.2) is 17.0 Å². The molecule has 0 unspecified atom stereocenters. The van der Waals surface area contributed by atoms with Gasteiger partial charge in [-0.05, 0) is 53.1 Å². The lowest BCUT2D eigenvalue weighted by molar-refractivity contribution is 0.669.